The third kappa shape index (κ3) is 4.72. The lowest BCUT2D eigenvalue weighted by Gasteiger charge is -2.29. The maximum Gasteiger partial charge on any atom is 0.213 e. The third-order valence-electron chi connectivity index (χ3n) is 6.68. The molecule has 1 aliphatic heterocycles. The molecule has 5 rings (SSSR count). The number of para-hydroxylation sites is 1. The van der Waals surface area contributed by atoms with E-state index in [9.17, 15) is 0 Å². The van der Waals surface area contributed by atoms with Crippen LogP contribution >= 0.6 is 0 Å². The molecule has 4 aromatic rings. The molecule has 1 saturated heterocycles. The summed E-state index contributed by atoms with van der Waals surface area (Å²) < 4.78 is 8.06. The van der Waals surface area contributed by atoms with Crippen molar-refractivity contribution >= 4 is 16.7 Å². The summed E-state index contributed by atoms with van der Waals surface area (Å²) in [5, 5.41) is 0. The van der Waals surface area contributed by atoms with Crippen molar-refractivity contribution in [3.63, 3.8) is 0 Å². The Bertz CT molecular complexity index is 1220. The Morgan fingerprint density at radius 2 is 1.85 bits per heavy atom. The van der Waals surface area contributed by atoms with Crippen LogP contribution in [0.25, 0.3) is 27.8 Å². The molecule has 0 unspecified atom stereocenters. The predicted octanol–water partition coefficient (Wildman–Crippen LogP) is 4.69. The monoisotopic (exact) mass is 443 g/mol. The first-order valence-electron chi connectivity index (χ1n) is 11.9. The van der Waals surface area contributed by atoms with Crippen LogP contribution in [0.2, 0.25) is 0 Å². The number of fused-ring (bicyclic) bond motifs is 3. The number of imidazole rings is 1. The van der Waals surface area contributed by atoms with Crippen LogP contribution in [0.5, 0.6) is 5.88 Å². The Balaban J connectivity index is 1.42. The van der Waals surface area contributed by atoms with E-state index in [0.29, 0.717) is 18.4 Å². The smallest absolute Gasteiger partial charge is 0.213 e. The van der Waals surface area contributed by atoms with Crippen LogP contribution in [-0.4, -0.2) is 71.6 Å². The van der Waals surface area contributed by atoms with Crippen molar-refractivity contribution in [3.8, 4) is 17.0 Å². The number of hydrogen-bond donors (Lipinski definition) is 0. The van der Waals surface area contributed by atoms with Gasteiger partial charge in [-0.25, -0.2) is 9.97 Å². The van der Waals surface area contributed by atoms with E-state index in [1.807, 2.05) is 12.3 Å². The van der Waals surface area contributed by atoms with Crippen molar-refractivity contribution in [1.82, 2.24) is 24.2 Å². The summed E-state index contributed by atoms with van der Waals surface area (Å²) in [5.74, 6) is 1.26. The molecule has 0 aliphatic carbocycles. The van der Waals surface area contributed by atoms with Gasteiger partial charge in [-0.3, -0.25) is 4.40 Å². The first kappa shape index (κ1) is 21.9. The molecule has 1 aromatic carbocycles. The van der Waals surface area contributed by atoms with Gasteiger partial charge in [0, 0.05) is 36.1 Å². The topological polar surface area (TPSA) is 45.9 Å². The lowest BCUT2D eigenvalue weighted by Crippen LogP contribution is -2.29. The number of piperidine rings is 1. The van der Waals surface area contributed by atoms with E-state index < -0.39 is 0 Å². The second kappa shape index (κ2) is 9.49. The lowest BCUT2D eigenvalue weighted by atomic mass is 9.89. The van der Waals surface area contributed by atoms with Gasteiger partial charge in [0.2, 0.25) is 5.88 Å². The number of aromatic nitrogens is 3. The molecule has 33 heavy (non-hydrogen) atoms. The van der Waals surface area contributed by atoms with Gasteiger partial charge in [0.15, 0.2) is 0 Å². The van der Waals surface area contributed by atoms with Crippen LogP contribution in [0.3, 0.4) is 0 Å². The van der Waals surface area contributed by atoms with Crippen molar-refractivity contribution in [2.24, 2.45) is 0 Å². The van der Waals surface area contributed by atoms with Gasteiger partial charge in [0.1, 0.15) is 5.65 Å². The highest BCUT2D eigenvalue weighted by Gasteiger charge is 2.22. The summed E-state index contributed by atoms with van der Waals surface area (Å²) in [6.07, 6.45) is 7.49. The summed E-state index contributed by atoms with van der Waals surface area (Å²) in [6.45, 7) is 3.99. The van der Waals surface area contributed by atoms with Crippen molar-refractivity contribution in [3.05, 3.63) is 60.4 Å². The van der Waals surface area contributed by atoms with Gasteiger partial charge in [0.25, 0.3) is 0 Å². The zero-order valence-electron chi connectivity index (χ0n) is 19.9. The first-order valence-corrected chi connectivity index (χ1v) is 11.9. The predicted molar refractivity (Wildman–Crippen MR) is 134 cm³/mol. The molecule has 0 spiro atoms. The summed E-state index contributed by atoms with van der Waals surface area (Å²) in [7, 11) is 6.36. The molecule has 0 bridgehead atoms. The number of hydrogen-bond acceptors (Lipinski definition) is 5. The molecule has 0 saturated carbocycles. The molecule has 4 heterocycles. The molecule has 172 valence electrons. The number of ether oxygens (including phenoxy) is 1. The molecule has 0 N–H and O–H groups in total. The summed E-state index contributed by atoms with van der Waals surface area (Å²) in [5.41, 5.74) is 6.94. The minimum absolute atomic E-state index is 0.582. The average molecular weight is 444 g/mol. The van der Waals surface area contributed by atoms with Gasteiger partial charge >= 0.3 is 0 Å². The molecule has 0 radical (unpaired) electrons. The van der Waals surface area contributed by atoms with E-state index in [4.69, 9.17) is 9.72 Å². The van der Waals surface area contributed by atoms with E-state index in [0.717, 1.165) is 48.3 Å². The fraction of sp³-hybridized carbons (Fsp3) is 0.407. The van der Waals surface area contributed by atoms with Crippen LogP contribution in [0.4, 0.5) is 0 Å². The Labute approximate surface area is 195 Å². The van der Waals surface area contributed by atoms with Crippen LogP contribution in [-0.2, 0) is 0 Å². The molecule has 1 aliphatic rings. The van der Waals surface area contributed by atoms with E-state index in [1.54, 1.807) is 0 Å². The van der Waals surface area contributed by atoms with Crippen molar-refractivity contribution in [2.45, 2.75) is 25.2 Å². The Morgan fingerprint density at radius 3 is 2.61 bits per heavy atom. The quantitative estimate of drug-likeness (QED) is 0.388. The molecule has 6 nitrogen and oxygen atoms in total. The van der Waals surface area contributed by atoms with Gasteiger partial charge in [-0.2, -0.15) is 0 Å². The maximum absolute atomic E-state index is 5.80. The van der Waals surface area contributed by atoms with E-state index >= 15 is 0 Å². The Morgan fingerprint density at radius 1 is 1.03 bits per heavy atom. The Kier molecular flexibility index (Phi) is 6.29. The molecular formula is C27H33N5O. The van der Waals surface area contributed by atoms with Crippen LogP contribution in [0.15, 0.2) is 54.9 Å². The SMILES string of the molecule is CN(C)CCCOc1ccc(-c2ccc3nc4cccc(C5CCN(C)CC5)c4n3c2)cn1. The van der Waals surface area contributed by atoms with Gasteiger partial charge in [-0.05, 0) is 89.2 Å². The van der Waals surface area contributed by atoms with Crippen LogP contribution in [0.1, 0.15) is 30.7 Å². The molecule has 3 aromatic heterocycles. The third-order valence-corrected chi connectivity index (χ3v) is 6.68. The summed E-state index contributed by atoms with van der Waals surface area (Å²) in [4.78, 5) is 14.0. The highest BCUT2D eigenvalue weighted by atomic mass is 16.5. The standard InChI is InChI=1S/C27H33N5O/c1-30(2)14-5-17-33-26-11-9-21(18-28-26)22-8-10-25-29-24-7-4-6-23(27(24)32(25)19-22)20-12-15-31(3)16-13-20/h4,6-11,18-20H,5,12-17H2,1-3H3. The second-order valence-corrected chi connectivity index (χ2v) is 9.44. The molecule has 6 heteroatoms. The number of benzene rings is 1. The lowest BCUT2D eigenvalue weighted by molar-refractivity contribution is 0.256. The largest absolute Gasteiger partial charge is 0.478 e. The number of nitrogens with zero attached hydrogens (tertiary/aromatic N) is 5. The normalized spacial score (nSPS) is 15.6. The summed E-state index contributed by atoms with van der Waals surface area (Å²) >= 11 is 0. The van der Waals surface area contributed by atoms with Gasteiger partial charge in [-0.15, -0.1) is 0 Å². The highest BCUT2D eigenvalue weighted by Crippen LogP contribution is 2.34. The van der Waals surface area contributed by atoms with Gasteiger partial charge in [-0.1, -0.05) is 12.1 Å². The maximum atomic E-state index is 5.80. The van der Waals surface area contributed by atoms with Crippen molar-refractivity contribution < 1.29 is 4.74 Å². The fourth-order valence-corrected chi connectivity index (χ4v) is 4.80. The van der Waals surface area contributed by atoms with Crippen molar-refractivity contribution in [2.75, 3.05) is 47.4 Å². The van der Waals surface area contributed by atoms with E-state index in [1.165, 1.54) is 23.9 Å². The van der Waals surface area contributed by atoms with Crippen LogP contribution in [0, 0.1) is 0 Å². The van der Waals surface area contributed by atoms with Gasteiger partial charge < -0.3 is 14.5 Å². The minimum atomic E-state index is 0.582. The summed E-state index contributed by atoms with van der Waals surface area (Å²) in [6, 6.07) is 14.9. The van der Waals surface area contributed by atoms with E-state index in [2.05, 4.69) is 82.9 Å². The zero-order valence-corrected chi connectivity index (χ0v) is 19.9. The second-order valence-electron chi connectivity index (χ2n) is 9.44. The number of likely N-dealkylation sites (tertiary alicyclic amines) is 1. The number of pyridine rings is 2. The molecule has 0 amide bonds. The van der Waals surface area contributed by atoms with Gasteiger partial charge in [0.05, 0.1) is 17.6 Å². The minimum Gasteiger partial charge on any atom is -0.478 e. The van der Waals surface area contributed by atoms with E-state index in [-0.39, 0.29) is 0 Å². The number of rotatable bonds is 7. The molecule has 0 atom stereocenters. The fourth-order valence-electron chi connectivity index (χ4n) is 4.80. The molecule has 1 fully saturated rings. The molecular weight excluding hydrogens is 410 g/mol. The first-order chi connectivity index (χ1) is 16.1. The average Bonchev–Trinajstić information content (AvgIpc) is 3.21. The van der Waals surface area contributed by atoms with Crippen LogP contribution < -0.4 is 4.74 Å². The highest BCUT2D eigenvalue weighted by molar-refractivity contribution is 5.85. The Hall–Kier alpha value is -2.96. The zero-order chi connectivity index (χ0) is 22.8. The van der Waals surface area contributed by atoms with Crippen molar-refractivity contribution in [1.29, 1.82) is 0 Å².